The van der Waals surface area contributed by atoms with Crippen LogP contribution >= 0.6 is 0 Å². The third-order valence-corrected chi connectivity index (χ3v) is 2.82. The molecule has 3 heteroatoms. The average Bonchev–Trinajstić information content (AvgIpc) is 2.18. The number of nitrogens with zero attached hydrogens (tertiary/aromatic N) is 1. The minimum Gasteiger partial charge on any atom is -0.377 e. The van der Waals surface area contributed by atoms with E-state index in [1.165, 1.54) is 19.5 Å². The fourth-order valence-corrected chi connectivity index (χ4v) is 2.05. The lowest BCUT2D eigenvalue weighted by Gasteiger charge is -2.27. The van der Waals surface area contributed by atoms with Crippen molar-refractivity contribution in [2.45, 2.75) is 33.3 Å². The summed E-state index contributed by atoms with van der Waals surface area (Å²) in [6.45, 7) is 13.2. The van der Waals surface area contributed by atoms with Gasteiger partial charge in [0, 0.05) is 32.7 Å². The van der Waals surface area contributed by atoms with Crippen molar-refractivity contribution in [2.24, 2.45) is 5.92 Å². The van der Waals surface area contributed by atoms with E-state index >= 15 is 0 Å². The predicted octanol–water partition coefficient (Wildman–Crippen LogP) is 1.34. The molecule has 1 saturated heterocycles. The molecule has 1 atom stereocenters. The van der Waals surface area contributed by atoms with Crippen LogP contribution < -0.4 is 5.32 Å². The zero-order valence-corrected chi connectivity index (χ0v) is 10.5. The minimum absolute atomic E-state index is 0.410. The lowest BCUT2D eigenvalue weighted by Crippen LogP contribution is -2.44. The minimum atomic E-state index is 0.410. The van der Waals surface area contributed by atoms with Crippen LogP contribution in [0.2, 0.25) is 0 Å². The number of ether oxygens (including phenoxy) is 1. The van der Waals surface area contributed by atoms with Gasteiger partial charge in [0.1, 0.15) is 0 Å². The van der Waals surface area contributed by atoms with Crippen LogP contribution in [0.15, 0.2) is 0 Å². The molecule has 1 fully saturated rings. The highest BCUT2D eigenvalue weighted by Crippen LogP contribution is 2.07. The van der Waals surface area contributed by atoms with Crippen molar-refractivity contribution in [1.82, 2.24) is 10.2 Å². The second-order valence-electron chi connectivity index (χ2n) is 4.90. The molecule has 0 aromatic heterocycles. The maximum absolute atomic E-state index is 5.79. The van der Waals surface area contributed by atoms with E-state index in [9.17, 15) is 0 Å². The van der Waals surface area contributed by atoms with Gasteiger partial charge >= 0.3 is 0 Å². The normalized spacial score (nSPS) is 20.8. The standard InChI is InChI=1S/C12H26N2O/c1-11(2)10-12(3)15-9-8-14-6-4-13-5-7-14/h11-13H,4-10H2,1-3H3. The van der Waals surface area contributed by atoms with Crippen molar-refractivity contribution >= 4 is 0 Å². The summed E-state index contributed by atoms with van der Waals surface area (Å²) < 4.78 is 5.79. The van der Waals surface area contributed by atoms with E-state index in [-0.39, 0.29) is 0 Å². The predicted molar refractivity (Wildman–Crippen MR) is 64.2 cm³/mol. The average molecular weight is 214 g/mol. The van der Waals surface area contributed by atoms with E-state index in [0.29, 0.717) is 6.10 Å². The Bertz CT molecular complexity index is 156. The molecule has 15 heavy (non-hydrogen) atoms. The Balaban J connectivity index is 1.99. The Kier molecular flexibility index (Phi) is 6.22. The Hall–Kier alpha value is -0.120. The Morgan fingerprint density at radius 3 is 2.47 bits per heavy atom. The van der Waals surface area contributed by atoms with E-state index in [0.717, 1.165) is 32.2 Å². The molecule has 0 amide bonds. The molecule has 0 radical (unpaired) electrons. The van der Waals surface area contributed by atoms with Gasteiger partial charge in [-0.1, -0.05) is 13.8 Å². The molecule has 0 saturated carbocycles. The van der Waals surface area contributed by atoms with E-state index in [2.05, 4.69) is 31.0 Å². The summed E-state index contributed by atoms with van der Waals surface area (Å²) in [5.74, 6) is 0.735. The van der Waals surface area contributed by atoms with Crippen molar-refractivity contribution in [2.75, 3.05) is 39.3 Å². The third-order valence-electron chi connectivity index (χ3n) is 2.82. The van der Waals surface area contributed by atoms with Gasteiger partial charge in [-0.25, -0.2) is 0 Å². The maximum atomic E-state index is 5.79. The smallest absolute Gasteiger partial charge is 0.0597 e. The molecule has 90 valence electrons. The lowest BCUT2D eigenvalue weighted by atomic mass is 10.1. The third kappa shape index (κ3) is 6.13. The van der Waals surface area contributed by atoms with Crippen LogP contribution in [0.25, 0.3) is 0 Å². The van der Waals surface area contributed by atoms with Crippen molar-refractivity contribution in [3.05, 3.63) is 0 Å². The first kappa shape index (κ1) is 12.9. The monoisotopic (exact) mass is 214 g/mol. The van der Waals surface area contributed by atoms with Crippen molar-refractivity contribution in [1.29, 1.82) is 0 Å². The zero-order chi connectivity index (χ0) is 11.1. The molecule has 1 aliphatic rings. The topological polar surface area (TPSA) is 24.5 Å². The number of hydrogen-bond donors (Lipinski definition) is 1. The Labute approximate surface area is 94.2 Å². The molecular weight excluding hydrogens is 188 g/mol. The fourth-order valence-electron chi connectivity index (χ4n) is 2.05. The van der Waals surface area contributed by atoms with Crippen LogP contribution in [-0.4, -0.2) is 50.3 Å². The van der Waals surface area contributed by atoms with Gasteiger partial charge in [0.15, 0.2) is 0 Å². The first-order chi connectivity index (χ1) is 7.18. The van der Waals surface area contributed by atoms with E-state index in [1.807, 2.05) is 0 Å². The zero-order valence-electron chi connectivity index (χ0n) is 10.5. The molecule has 0 spiro atoms. The van der Waals surface area contributed by atoms with Crippen molar-refractivity contribution in [3.8, 4) is 0 Å². The van der Waals surface area contributed by atoms with E-state index in [4.69, 9.17) is 4.74 Å². The molecule has 1 N–H and O–H groups in total. The first-order valence-corrected chi connectivity index (χ1v) is 6.23. The van der Waals surface area contributed by atoms with Crippen LogP contribution in [0.3, 0.4) is 0 Å². The van der Waals surface area contributed by atoms with Gasteiger partial charge in [-0.15, -0.1) is 0 Å². The van der Waals surface area contributed by atoms with E-state index < -0.39 is 0 Å². The highest BCUT2D eigenvalue weighted by molar-refractivity contribution is 4.67. The van der Waals surface area contributed by atoms with Gasteiger partial charge in [0.25, 0.3) is 0 Å². The van der Waals surface area contributed by atoms with Gasteiger partial charge in [0.2, 0.25) is 0 Å². The molecule has 0 aliphatic carbocycles. The van der Waals surface area contributed by atoms with Crippen molar-refractivity contribution < 1.29 is 4.74 Å². The molecule has 0 bridgehead atoms. The summed E-state index contributed by atoms with van der Waals surface area (Å²) in [4.78, 5) is 2.47. The number of hydrogen-bond acceptors (Lipinski definition) is 3. The van der Waals surface area contributed by atoms with Crippen molar-refractivity contribution in [3.63, 3.8) is 0 Å². The van der Waals surface area contributed by atoms with Crippen LogP contribution in [0.5, 0.6) is 0 Å². The highest BCUT2D eigenvalue weighted by atomic mass is 16.5. The molecule has 1 unspecified atom stereocenters. The number of nitrogens with one attached hydrogen (secondary N) is 1. The van der Waals surface area contributed by atoms with Gasteiger partial charge in [0.05, 0.1) is 12.7 Å². The SMILES string of the molecule is CC(C)CC(C)OCCN1CCNCC1. The van der Waals surface area contributed by atoms with Crippen LogP contribution in [-0.2, 0) is 4.74 Å². The van der Waals surface area contributed by atoms with E-state index in [1.54, 1.807) is 0 Å². The van der Waals surface area contributed by atoms with Gasteiger partial charge in [-0.05, 0) is 19.3 Å². The quantitative estimate of drug-likeness (QED) is 0.722. The summed E-state index contributed by atoms with van der Waals surface area (Å²) in [6.07, 6.45) is 1.58. The summed E-state index contributed by atoms with van der Waals surface area (Å²) in [6, 6.07) is 0. The second-order valence-corrected chi connectivity index (χ2v) is 4.90. The Morgan fingerprint density at radius 2 is 1.87 bits per heavy atom. The number of piperazine rings is 1. The first-order valence-electron chi connectivity index (χ1n) is 6.23. The summed E-state index contributed by atoms with van der Waals surface area (Å²) >= 11 is 0. The lowest BCUT2D eigenvalue weighted by molar-refractivity contribution is 0.0349. The molecule has 3 nitrogen and oxygen atoms in total. The molecule has 1 heterocycles. The van der Waals surface area contributed by atoms with Crippen LogP contribution in [0.4, 0.5) is 0 Å². The summed E-state index contributed by atoms with van der Waals surface area (Å²) in [7, 11) is 0. The molecule has 0 aromatic carbocycles. The van der Waals surface area contributed by atoms with Gasteiger partial charge in [-0.2, -0.15) is 0 Å². The second kappa shape index (κ2) is 7.20. The fraction of sp³-hybridized carbons (Fsp3) is 1.00. The Morgan fingerprint density at radius 1 is 1.20 bits per heavy atom. The molecule has 1 rings (SSSR count). The largest absolute Gasteiger partial charge is 0.377 e. The molecule has 0 aromatic rings. The summed E-state index contributed by atoms with van der Waals surface area (Å²) in [5.41, 5.74) is 0. The highest BCUT2D eigenvalue weighted by Gasteiger charge is 2.10. The molecular formula is C12H26N2O. The van der Waals surface area contributed by atoms with Crippen LogP contribution in [0, 0.1) is 5.92 Å². The van der Waals surface area contributed by atoms with Gasteiger partial charge in [-0.3, -0.25) is 4.90 Å². The summed E-state index contributed by atoms with van der Waals surface area (Å²) in [5, 5.41) is 3.36. The number of rotatable bonds is 6. The maximum Gasteiger partial charge on any atom is 0.0597 e. The molecule has 1 aliphatic heterocycles. The van der Waals surface area contributed by atoms with Crippen LogP contribution in [0.1, 0.15) is 27.2 Å². The van der Waals surface area contributed by atoms with Gasteiger partial charge < -0.3 is 10.1 Å².